The standard InChI is InChI=1S/C25H19F2N5O4S2/c1-30-14-25(28-15-30)38(35,36)29-19-6-7-20-22(11-19)31(12-16-8-17(26)10-18(27)9-16)13-24(20)37-23-5-3-2-4-21(23)32(33)34/h2-11,13-15,29H,12H2,1H3. The number of nitro benzene ring substituents is 1. The predicted molar refractivity (Wildman–Crippen MR) is 139 cm³/mol. The number of para-hydroxylation sites is 1. The fourth-order valence-electron chi connectivity index (χ4n) is 3.98. The molecular formula is C25H19F2N5O4S2. The molecule has 9 nitrogen and oxygen atoms in total. The summed E-state index contributed by atoms with van der Waals surface area (Å²) >= 11 is 1.17. The molecule has 2 aromatic heterocycles. The van der Waals surface area contributed by atoms with Gasteiger partial charge < -0.3 is 9.13 Å². The molecule has 0 spiro atoms. The van der Waals surface area contributed by atoms with Crippen LogP contribution in [0, 0.1) is 21.7 Å². The van der Waals surface area contributed by atoms with Crippen molar-refractivity contribution in [2.45, 2.75) is 21.4 Å². The van der Waals surface area contributed by atoms with Crippen molar-refractivity contribution in [3.63, 3.8) is 0 Å². The Morgan fingerprint density at radius 3 is 2.45 bits per heavy atom. The molecule has 2 heterocycles. The largest absolute Gasteiger partial charge is 0.342 e. The van der Waals surface area contributed by atoms with Gasteiger partial charge in [-0.3, -0.25) is 14.8 Å². The number of nitrogens with zero attached hydrogens (tertiary/aromatic N) is 4. The fraction of sp³-hybridized carbons (Fsp3) is 0.0800. The van der Waals surface area contributed by atoms with Gasteiger partial charge in [-0.1, -0.05) is 23.9 Å². The summed E-state index contributed by atoms with van der Waals surface area (Å²) in [5, 5.41) is 12.0. The van der Waals surface area contributed by atoms with Gasteiger partial charge in [0.15, 0.2) is 5.03 Å². The molecule has 0 saturated heterocycles. The van der Waals surface area contributed by atoms with Gasteiger partial charge in [-0.15, -0.1) is 0 Å². The lowest BCUT2D eigenvalue weighted by atomic mass is 10.2. The van der Waals surface area contributed by atoms with Crippen LogP contribution in [-0.2, 0) is 23.6 Å². The quantitative estimate of drug-likeness (QED) is 0.198. The fourth-order valence-corrected chi connectivity index (χ4v) is 6.11. The first-order chi connectivity index (χ1) is 18.1. The topological polar surface area (TPSA) is 112 Å². The zero-order chi connectivity index (χ0) is 27.0. The summed E-state index contributed by atoms with van der Waals surface area (Å²) < 4.78 is 59.1. The Kier molecular flexibility index (Phi) is 6.63. The van der Waals surface area contributed by atoms with Crippen LogP contribution >= 0.6 is 11.8 Å². The van der Waals surface area contributed by atoms with E-state index in [2.05, 4.69) is 9.71 Å². The summed E-state index contributed by atoms with van der Waals surface area (Å²) in [5.41, 5.74) is 1.08. The highest BCUT2D eigenvalue weighted by molar-refractivity contribution is 7.99. The number of nitrogens with one attached hydrogen (secondary N) is 1. The van der Waals surface area contributed by atoms with E-state index in [4.69, 9.17) is 0 Å². The Balaban J connectivity index is 1.59. The summed E-state index contributed by atoms with van der Waals surface area (Å²) in [7, 11) is -2.32. The van der Waals surface area contributed by atoms with Gasteiger partial charge in [-0.05, 0) is 42.0 Å². The van der Waals surface area contributed by atoms with Crippen molar-refractivity contribution in [1.82, 2.24) is 14.1 Å². The Labute approximate surface area is 219 Å². The van der Waals surface area contributed by atoms with Crippen LogP contribution in [0.5, 0.6) is 0 Å². The second kappa shape index (κ2) is 9.91. The molecule has 0 radical (unpaired) electrons. The molecule has 3 aromatic carbocycles. The number of sulfonamides is 1. The average molecular weight is 556 g/mol. The van der Waals surface area contributed by atoms with E-state index in [-0.39, 0.29) is 22.9 Å². The van der Waals surface area contributed by atoms with E-state index in [0.29, 0.717) is 26.3 Å². The number of imidazole rings is 1. The van der Waals surface area contributed by atoms with Crippen molar-refractivity contribution in [2.24, 2.45) is 7.05 Å². The lowest BCUT2D eigenvalue weighted by molar-refractivity contribution is -0.387. The molecule has 0 unspecified atom stereocenters. The van der Waals surface area contributed by atoms with Crippen molar-refractivity contribution in [2.75, 3.05) is 4.72 Å². The number of anilines is 1. The Morgan fingerprint density at radius 2 is 1.76 bits per heavy atom. The van der Waals surface area contributed by atoms with E-state index < -0.39 is 26.6 Å². The highest BCUT2D eigenvalue weighted by Crippen LogP contribution is 2.40. The maximum absolute atomic E-state index is 13.9. The third-order valence-corrected chi connectivity index (χ3v) is 7.99. The van der Waals surface area contributed by atoms with Crippen molar-refractivity contribution in [3.05, 3.63) is 107 Å². The first-order valence-corrected chi connectivity index (χ1v) is 13.4. The van der Waals surface area contributed by atoms with Crippen LogP contribution in [0.1, 0.15) is 5.56 Å². The molecule has 194 valence electrons. The summed E-state index contributed by atoms with van der Waals surface area (Å²) in [6.07, 6.45) is 4.45. The number of aryl methyl sites for hydroxylation is 1. The van der Waals surface area contributed by atoms with Crippen LogP contribution in [0.4, 0.5) is 20.2 Å². The minimum absolute atomic E-state index is 0.0645. The highest BCUT2D eigenvalue weighted by atomic mass is 32.2. The molecule has 0 bridgehead atoms. The Bertz CT molecular complexity index is 1780. The van der Waals surface area contributed by atoms with E-state index in [9.17, 15) is 27.3 Å². The van der Waals surface area contributed by atoms with Crippen LogP contribution in [0.3, 0.4) is 0 Å². The summed E-state index contributed by atoms with van der Waals surface area (Å²) in [6.45, 7) is 0.0685. The van der Waals surface area contributed by atoms with Crippen LogP contribution < -0.4 is 4.72 Å². The van der Waals surface area contributed by atoms with Crippen molar-refractivity contribution in [3.8, 4) is 0 Å². The molecule has 0 aliphatic heterocycles. The molecule has 0 saturated carbocycles. The molecule has 0 fully saturated rings. The summed E-state index contributed by atoms with van der Waals surface area (Å²) in [5.74, 6) is -1.45. The summed E-state index contributed by atoms with van der Waals surface area (Å²) in [6, 6.07) is 14.3. The maximum Gasteiger partial charge on any atom is 0.283 e. The molecule has 0 aliphatic carbocycles. The maximum atomic E-state index is 13.9. The Hall–Kier alpha value is -4.23. The molecule has 0 aliphatic rings. The highest BCUT2D eigenvalue weighted by Gasteiger charge is 2.20. The van der Waals surface area contributed by atoms with Gasteiger partial charge in [0.1, 0.15) is 11.6 Å². The monoisotopic (exact) mass is 555 g/mol. The second-order valence-corrected chi connectivity index (χ2v) is 11.2. The van der Waals surface area contributed by atoms with Gasteiger partial charge in [0.05, 0.1) is 27.4 Å². The third-order valence-electron chi connectivity index (χ3n) is 5.61. The first-order valence-electron chi connectivity index (χ1n) is 11.1. The minimum Gasteiger partial charge on any atom is -0.342 e. The predicted octanol–water partition coefficient (Wildman–Crippen LogP) is 5.56. The molecule has 0 atom stereocenters. The van der Waals surface area contributed by atoms with Gasteiger partial charge in [0.2, 0.25) is 0 Å². The SMILES string of the molecule is Cn1cnc(S(=O)(=O)Nc2ccc3c(Sc4ccccc4[N+](=O)[O-])cn(Cc4cc(F)cc(F)c4)c3c2)c1. The molecular weight excluding hydrogens is 536 g/mol. The molecule has 38 heavy (non-hydrogen) atoms. The van der Waals surface area contributed by atoms with E-state index in [1.165, 1.54) is 47.1 Å². The minimum atomic E-state index is -3.97. The van der Waals surface area contributed by atoms with Gasteiger partial charge in [0, 0.05) is 48.4 Å². The lowest BCUT2D eigenvalue weighted by Crippen LogP contribution is -2.13. The van der Waals surface area contributed by atoms with E-state index >= 15 is 0 Å². The molecule has 0 amide bonds. The third kappa shape index (κ3) is 5.24. The van der Waals surface area contributed by atoms with E-state index in [1.807, 2.05) is 0 Å². The van der Waals surface area contributed by atoms with Crippen molar-refractivity contribution in [1.29, 1.82) is 0 Å². The van der Waals surface area contributed by atoms with Crippen molar-refractivity contribution < 1.29 is 22.1 Å². The number of nitro groups is 1. The first kappa shape index (κ1) is 25.4. The molecule has 1 N–H and O–H groups in total. The zero-order valence-corrected chi connectivity index (χ0v) is 21.3. The van der Waals surface area contributed by atoms with Crippen LogP contribution in [-0.4, -0.2) is 27.5 Å². The van der Waals surface area contributed by atoms with Crippen LogP contribution in [0.15, 0.2) is 94.2 Å². The van der Waals surface area contributed by atoms with Crippen LogP contribution in [0.2, 0.25) is 0 Å². The number of rotatable bonds is 8. The zero-order valence-electron chi connectivity index (χ0n) is 19.7. The average Bonchev–Trinajstić information content (AvgIpc) is 3.43. The number of aromatic nitrogens is 3. The normalized spacial score (nSPS) is 11.7. The van der Waals surface area contributed by atoms with Gasteiger partial charge in [0.25, 0.3) is 15.7 Å². The van der Waals surface area contributed by atoms with Crippen LogP contribution in [0.25, 0.3) is 10.9 Å². The van der Waals surface area contributed by atoms with Crippen molar-refractivity contribution >= 4 is 44.1 Å². The van der Waals surface area contributed by atoms with E-state index in [1.54, 1.807) is 54.2 Å². The number of hydrogen-bond donors (Lipinski definition) is 1. The molecule has 5 rings (SSSR count). The van der Waals surface area contributed by atoms with Gasteiger partial charge >= 0.3 is 0 Å². The number of hydrogen-bond acceptors (Lipinski definition) is 6. The van der Waals surface area contributed by atoms with Gasteiger partial charge in [-0.2, -0.15) is 8.42 Å². The molecule has 13 heteroatoms. The van der Waals surface area contributed by atoms with E-state index in [0.717, 1.165) is 6.07 Å². The lowest BCUT2D eigenvalue weighted by Gasteiger charge is -2.09. The second-order valence-electron chi connectivity index (χ2n) is 8.44. The number of halogens is 2. The smallest absolute Gasteiger partial charge is 0.283 e. The summed E-state index contributed by atoms with van der Waals surface area (Å²) in [4.78, 5) is 16.0. The van der Waals surface area contributed by atoms with Gasteiger partial charge in [-0.25, -0.2) is 13.8 Å². The number of fused-ring (bicyclic) bond motifs is 1. The molecule has 5 aromatic rings. The number of benzene rings is 3. The Morgan fingerprint density at radius 1 is 1.03 bits per heavy atom.